The van der Waals surface area contributed by atoms with Gasteiger partial charge in [-0.25, -0.2) is 0 Å². The van der Waals surface area contributed by atoms with Crippen LogP contribution in [0.25, 0.3) is 0 Å². The number of carboxylic acid groups (broad SMARTS) is 1. The molecule has 0 aromatic heterocycles. The fourth-order valence-electron chi connectivity index (χ4n) is 2.44. The van der Waals surface area contributed by atoms with Gasteiger partial charge in [0.25, 0.3) is 0 Å². The Hall–Kier alpha value is -1.10. The lowest BCUT2D eigenvalue weighted by Crippen LogP contribution is -2.50. The highest BCUT2D eigenvalue weighted by molar-refractivity contribution is 5.78. The van der Waals surface area contributed by atoms with Gasteiger partial charge < -0.3 is 15.2 Å². The SMILES string of the molecule is CCCC(C)CC(=O)NC1(CC(=O)O)CCOC1. The van der Waals surface area contributed by atoms with E-state index in [1.165, 1.54) is 0 Å². The number of nitrogens with one attached hydrogen (secondary N) is 1. The molecule has 5 heteroatoms. The first kappa shape index (κ1) is 15.0. The van der Waals surface area contributed by atoms with Crippen LogP contribution in [0.4, 0.5) is 0 Å². The standard InChI is InChI=1S/C13H23NO4/c1-3-4-10(2)7-11(15)14-13(8-12(16)17)5-6-18-9-13/h10H,3-9H2,1-2H3,(H,14,15)(H,16,17). The summed E-state index contributed by atoms with van der Waals surface area (Å²) in [6.07, 6.45) is 3.02. The maximum Gasteiger partial charge on any atom is 0.305 e. The van der Waals surface area contributed by atoms with Crippen LogP contribution in [-0.4, -0.2) is 35.7 Å². The molecule has 1 heterocycles. The van der Waals surface area contributed by atoms with Gasteiger partial charge in [-0.3, -0.25) is 9.59 Å². The summed E-state index contributed by atoms with van der Waals surface area (Å²) in [4.78, 5) is 22.8. The predicted molar refractivity (Wildman–Crippen MR) is 67.3 cm³/mol. The zero-order valence-corrected chi connectivity index (χ0v) is 11.2. The largest absolute Gasteiger partial charge is 0.481 e. The molecule has 0 saturated carbocycles. The second-order valence-electron chi connectivity index (χ2n) is 5.30. The summed E-state index contributed by atoms with van der Waals surface area (Å²) in [5, 5.41) is 11.8. The third-order valence-electron chi connectivity index (χ3n) is 3.31. The molecule has 1 fully saturated rings. The van der Waals surface area contributed by atoms with Gasteiger partial charge in [-0.05, 0) is 12.3 Å². The Morgan fingerprint density at radius 2 is 2.22 bits per heavy atom. The molecule has 18 heavy (non-hydrogen) atoms. The summed E-state index contributed by atoms with van der Waals surface area (Å²) in [6.45, 7) is 4.94. The van der Waals surface area contributed by atoms with Gasteiger partial charge in [0.05, 0.1) is 18.6 Å². The molecule has 0 spiro atoms. The van der Waals surface area contributed by atoms with Crippen molar-refractivity contribution in [2.45, 2.75) is 51.5 Å². The van der Waals surface area contributed by atoms with Crippen LogP contribution in [0, 0.1) is 5.92 Å². The number of hydrogen-bond acceptors (Lipinski definition) is 3. The van der Waals surface area contributed by atoms with E-state index in [9.17, 15) is 9.59 Å². The van der Waals surface area contributed by atoms with E-state index in [0.29, 0.717) is 32.0 Å². The van der Waals surface area contributed by atoms with Crippen LogP contribution in [0.2, 0.25) is 0 Å². The third kappa shape index (κ3) is 4.64. The van der Waals surface area contributed by atoms with Crippen LogP contribution < -0.4 is 5.32 Å². The number of aliphatic carboxylic acids is 1. The van der Waals surface area contributed by atoms with E-state index in [0.717, 1.165) is 12.8 Å². The van der Waals surface area contributed by atoms with E-state index < -0.39 is 11.5 Å². The number of carboxylic acids is 1. The van der Waals surface area contributed by atoms with Crippen molar-refractivity contribution in [3.63, 3.8) is 0 Å². The van der Waals surface area contributed by atoms with E-state index in [4.69, 9.17) is 9.84 Å². The summed E-state index contributed by atoms with van der Waals surface area (Å²) in [6, 6.07) is 0. The first-order valence-corrected chi connectivity index (χ1v) is 6.58. The topological polar surface area (TPSA) is 75.6 Å². The van der Waals surface area contributed by atoms with E-state index >= 15 is 0 Å². The molecular formula is C13H23NO4. The highest BCUT2D eigenvalue weighted by Crippen LogP contribution is 2.23. The average Bonchev–Trinajstić information content (AvgIpc) is 2.64. The van der Waals surface area contributed by atoms with Gasteiger partial charge in [0.2, 0.25) is 5.91 Å². The summed E-state index contributed by atoms with van der Waals surface area (Å²) in [7, 11) is 0. The van der Waals surface area contributed by atoms with Gasteiger partial charge in [0, 0.05) is 13.0 Å². The molecule has 1 rings (SSSR count). The van der Waals surface area contributed by atoms with Crippen molar-refractivity contribution in [2.24, 2.45) is 5.92 Å². The van der Waals surface area contributed by atoms with Gasteiger partial charge in [-0.1, -0.05) is 26.7 Å². The predicted octanol–water partition coefficient (Wildman–Crippen LogP) is 1.56. The Kier molecular flexibility index (Phi) is 5.59. The number of ether oxygens (including phenoxy) is 1. The van der Waals surface area contributed by atoms with Crippen molar-refractivity contribution in [1.29, 1.82) is 0 Å². The van der Waals surface area contributed by atoms with Gasteiger partial charge in [0.1, 0.15) is 0 Å². The minimum absolute atomic E-state index is 0.0669. The van der Waals surface area contributed by atoms with Gasteiger partial charge >= 0.3 is 5.97 Å². The highest BCUT2D eigenvalue weighted by Gasteiger charge is 2.38. The van der Waals surface area contributed by atoms with Crippen molar-refractivity contribution >= 4 is 11.9 Å². The first-order valence-electron chi connectivity index (χ1n) is 6.58. The van der Waals surface area contributed by atoms with Crippen LogP contribution in [0.3, 0.4) is 0 Å². The van der Waals surface area contributed by atoms with Crippen molar-refractivity contribution in [1.82, 2.24) is 5.32 Å². The Morgan fingerprint density at radius 1 is 1.50 bits per heavy atom. The van der Waals surface area contributed by atoms with Crippen molar-refractivity contribution in [3.05, 3.63) is 0 Å². The molecule has 1 aliphatic rings. The molecule has 2 N–H and O–H groups in total. The molecule has 1 amide bonds. The van der Waals surface area contributed by atoms with Crippen LogP contribution in [0.15, 0.2) is 0 Å². The smallest absolute Gasteiger partial charge is 0.305 e. The van der Waals surface area contributed by atoms with Crippen molar-refractivity contribution < 1.29 is 19.4 Å². The van der Waals surface area contributed by atoms with Crippen molar-refractivity contribution in [3.8, 4) is 0 Å². The summed E-state index contributed by atoms with van der Waals surface area (Å²) in [5.41, 5.74) is -0.700. The molecule has 104 valence electrons. The van der Waals surface area contributed by atoms with E-state index in [1.54, 1.807) is 0 Å². The zero-order valence-electron chi connectivity index (χ0n) is 11.2. The number of amides is 1. The minimum atomic E-state index is -0.901. The van der Waals surface area contributed by atoms with E-state index in [-0.39, 0.29) is 12.3 Å². The van der Waals surface area contributed by atoms with Crippen LogP contribution in [0.5, 0.6) is 0 Å². The number of hydrogen-bond donors (Lipinski definition) is 2. The fourth-order valence-corrected chi connectivity index (χ4v) is 2.44. The van der Waals surface area contributed by atoms with Gasteiger partial charge in [0.15, 0.2) is 0 Å². The number of carbonyl (C=O) groups is 2. The molecule has 5 nitrogen and oxygen atoms in total. The molecule has 1 aliphatic heterocycles. The summed E-state index contributed by atoms with van der Waals surface area (Å²) < 4.78 is 5.24. The van der Waals surface area contributed by atoms with Gasteiger partial charge in [-0.15, -0.1) is 0 Å². The molecule has 0 aliphatic carbocycles. The lowest BCUT2D eigenvalue weighted by atomic mass is 9.93. The normalized spacial score (nSPS) is 24.8. The van der Waals surface area contributed by atoms with Crippen LogP contribution >= 0.6 is 0 Å². The lowest BCUT2D eigenvalue weighted by molar-refractivity contribution is -0.139. The molecule has 2 atom stereocenters. The average molecular weight is 257 g/mol. The van der Waals surface area contributed by atoms with E-state index in [1.807, 2.05) is 6.92 Å². The van der Waals surface area contributed by atoms with Crippen LogP contribution in [-0.2, 0) is 14.3 Å². The summed E-state index contributed by atoms with van der Waals surface area (Å²) >= 11 is 0. The molecule has 0 bridgehead atoms. The number of carbonyl (C=O) groups excluding carboxylic acids is 1. The molecule has 0 aromatic carbocycles. The Labute approximate surface area is 108 Å². The number of rotatable bonds is 7. The Morgan fingerprint density at radius 3 is 2.72 bits per heavy atom. The monoisotopic (exact) mass is 257 g/mol. The Balaban J connectivity index is 2.50. The zero-order chi connectivity index (χ0) is 13.6. The van der Waals surface area contributed by atoms with Crippen LogP contribution in [0.1, 0.15) is 46.0 Å². The molecule has 1 saturated heterocycles. The maximum absolute atomic E-state index is 11.9. The molecule has 0 radical (unpaired) electrons. The fraction of sp³-hybridized carbons (Fsp3) is 0.846. The molecule has 2 unspecified atom stereocenters. The highest BCUT2D eigenvalue weighted by atomic mass is 16.5. The minimum Gasteiger partial charge on any atom is -0.481 e. The van der Waals surface area contributed by atoms with E-state index in [2.05, 4.69) is 12.2 Å². The second kappa shape index (κ2) is 6.73. The summed E-state index contributed by atoms with van der Waals surface area (Å²) in [5.74, 6) is -0.635. The second-order valence-corrected chi connectivity index (χ2v) is 5.30. The van der Waals surface area contributed by atoms with Crippen molar-refractivity contribution in [2.75, 3.05) is 13.2 Å². The molecule has 0 aromatic rings. The maximum atomic E-state index is 11.9. The Bertz CT molecular complexity index is 297. The van der Waals surface area contributed by atoms with Gasteiger partial charge in [-0.2, -0.15) is 0 Å². The molecular weight excluding hydrogens is 234 g/mol. The first-order chi connectivity index (χ1) is 8.47. The lowest BCUT2D eigenvalue weighted by Gasteiger charge is -2.27. The third-order valence-corrected chi connectivity index (χ3v) is 3.31. The quantitative estimate of drug-likeness (QED) is 0.725.